The van der Waals surface area contributed by atoms with Crippen LogP contribution in [0.1, 0.15) is 13.3 Å². The van der Waals surface area contributed by atoms with Crippen molar-refractivity contribution in [3.8, 4) is 11.8 Å². The maximum absolute atomic E-state index is 11.3. The summed E-state index contributed by atoms with van der Waals surface area (Å²) in [7, 11) is 1.44. The van der Waals surface area contributed by atoms with Gasteiger partial charge in [0.2, 0.25) is 11.8 Å². The average Bonchev–Trinajstić information content (AvgIpc) is 2.57. The fourth-order valence-electron chi connectivity index (χ4n) is 1.05. The van der Waals surface area contributed by atoms with Crippen molar-refractivity contribution in [3.63, 3.8) is 0 Å². The largest absolute Gasteiger partial charge is 0.501 e. The van der Waals surface area contributed by atoms with Gasteiger partial charge < -0.3 is 19.8 Å². The molecule has 0 fully saturated rings. The van der Waals surface area contributed by atoms with Crippen molar-refractivity contribution in [2.24, 2.45) is 0 Å². The summed E-state index contributed by atoms with van der Waals surface area (Å²) < 4.78 is 5.49. The molecule has 0 saturated heterocycles. The van der Waals surface area contributed by atoms with Crippen LogP contribution in [0.15, 0.2) is 24.0 Å². The van der Waals surface area contributed by atoms with E-state index in [-0.39, 0.29) is 11.8 Å². The number of aromatic hydroxyl groups is 2. The van der Waals surface area contributed by atoms with Gasteiger partial charge in [0.1, 0.15) is 5.76 Å². The fourth-order valence-corrected chi connectivity index (χ4v) is 1.05. The molecule has 1 rings (SSSR count). The van der Waals surface area contributed by atoms with Gasteiger partial charge in [-0.1, -0.05) is 6.92 Å². The van der Waals surface area contributed by atoms with Gasteiger partial charge in [0.05, 0.1) is 13.2 Å². The van der Waals surface area contributed by atoms with E-state index in [1.165, 1.54) is 19.2 Å². The number of nitrogens with zero attached hydrogens (tertiary/aromatic N) is 1. The Labute approximate surface area is 92.3 Å². The quantitative estimate of drug-likeness (QED) is 0.587. The Morgan fingerprint density at radius 1 is 1.44 bits per heavy atom. The van der Waals surface area contributed by atoms with Gasteiger partial charge in [-0.15, -0.1) is 4.73 Å². The fraction of sp³-hybridized carbons (Fsp3) is 0.300. The third kappa shape index (κ3) is 2.69. The topological polar surface area (TPSA) is 80.9 Å². The normalized spacial score (nSPS) is 11.2. The Morgan fingerprint density at radius 2 is 2.00 bits per heavy atom. The molecular weight excluding hydrogens is 214 g/mol. The zero-order chi connectivity index (χ0) is 12.1. The SMILES string of the molecule is CCC(=CC(=O)On1c(O)ccc1O)OC. The van der Waals surface area contributed by atoms with E-state index in [0.717, 1.165) is 6.08 Å². The smallest absolute Gasteiger partial charge is 0.360 e. The lowest BCUT2D eigenvalue weighted by molar-refractivity contribution is -0.139. The minimum Gasteiger partial charge on any atom is -0.501 e. The summed E-state index contributed by atoms with van der Waals surface area (Å²) in [5, 5.41) is 18.4. The molecule has 88 valence electrons. The van der Waals surface area contributed by atoms with Crippen LogP contribution in [-0.2, 0) is 9.53 Å². The van der Waals surface area contributed by atoms with Crippen LogP contribution < -0.4 is 4.84 Å². The molecule has 0 spiro atoms. The van der Waals surface area contributed by atoms with Crippen molar-refractivity contribution in [1.82, 2.24) is 4.73 Å². The number of hydrogen-bond acceptors (Lipinski definition) is 5. The summed E-state index contributed by atoms with van der Waals surface area (Å²) in [6.07, 6.45) is 1.67. The number of aromatic nitrogens is 1. The summed E-state index contributed by atoms with van der Waals surface area (Å²) in [6.45, 7) is 1.81. The Morgan fingerprint density at radius 3 is 2.44 bits per heavy atom. The first kappa shape index (κ1) is 12.0. The molecule has 0 aliphatic heterocycles. The molecule has 1 heterocycles. The Hall–Kier alpha value is -2.11. The number of methoxy groups -OCH3 is 1. The molecular formula is C10H13NO5. The van der Waals surface area contributed by atoms with E-state index in [0.29, 0.717) is 16.9 Å². The summed E-state index contributed by atoms with van der Waals surface area (Å²) in [5.74, 6) is -1.04. The molecule has 6 heteroatoms. The molecule has 0 radical (unpaired) electrons. The van der Waals surface area contributed by atoms with E-state index in [2.05, 4.69) is 4.84 Å². The van der Waals surface area contributed by atoms with Gasteiger partial charge in [-0.25, -0.2) is 4.79 Å². The first-order chi connectivity index (χ1) is 7.58. The van der Waals surface area contributed by atoms with Crippen molar-refractivity contribution in [1.29, 1.82) is 0 Å². The Bertz CT molecular complexity index is 382. The first-order valence-electron chi connectivity index (χ1n) is 4.65. The van der Waals surface area contributed by atoms with Gasteiger partial charge in [-0.05, 0) is 0 Å². The number of hydrogen-bond donors (Lipinski definition) is 2. The molecule has 0 aliphatic carbocycles. The highest BCUT2D eigenvalue weighted by Crippen LogP contribution is 2.18. The van der Waals surface area contributed by atoms with E-state index in [9.17, 15) is 15.0 Å². The minimum atomic E-state index is -0.750. The van der Waals surface area contributed by atoms with Crippen LogP contribution in [-0.4, -0.2) is 28.0 Å². The second kappa shape index (κ2) is 5.11. The maximum atomic E-state index is 11.3. The maximum Gasteiger partial charge on any atom is 0.360 e. The van der Waals surface area contributed by atoms with Gasteiger partial charge in [-0.3, -0.25) is 0 Å². The molecule has 2 N–H and O–H groups in total. The standard InChI is InChI=1S/C10H13NO5/c1-3-7(15-2)6-10(14)16-11-8(12)4-5-9(11)13/h4-6,12-13H,3H2,1-2H3. The number of carbonyl (C=O) groups is 1. The van der Waals surface area contributed by atoms with Crippen LogP contribution >= 0.6 is 0 Å². The van der Waals surface area contributed by atoms with E-state index in [1.807, 2.05) is 6.92 Å². The molecule has 0 unspecified atom stereocenters. The van der Waals surface area contributed by atoms with E-state index in [1.54, 1.807) is 0 Å². The second-order valence-electron chi connectivity index (χ2n) is 2.92. The van der Waals surface area contributed by atoms with Crippen molar-refractivity contribution >= 4 is 5.97 Å². The molecule has 0 aliphatic rings. The lowest BCUT2D eigenvalue weighted by Crippen LogP contribution is -2.17. The molecule has 0 atom stereocenters. The molecule has 0 aromatic carbocycles. The summed E-state index contributed by atoms with van der Waals surface area (Å²) in [6, 6.07) is 2.40. The molecule has 0 saturated carbocycles. The highest BCUT2D eigenvalue weighted by molar-refractivity contribution is 5.82. The van der Waals surface area contributed by atoms with Gasteiger partial charge in [0, 0.05) is 18.6 Å². The minimum absolute atomic E-state index is 0.366. The van der Waals surface area contributed by atoms with Crippen LogP contribution in [0.3, 0.4) is 0 Å². The third-order valence-electron chi connectivity index (χ3n) is 1.87. The van der Waals surface area contributed by atoms with Crippen molar-refractivity contribution in [2.75, 3.05) is 7.11 Å². The number of ether oxygens (including phenoxy) is 1. The number of allylic oxidation sites excluding steroid dienone is 1. The molecule has 1 aromatic rings. The van der Waals surface area contributed by atoms with Crippen molar-refractivity contribution in [3.05, 3.63) is 24.0 Å². The number of rotatable bonds is 4. The lowest BCUT2D eigenvalue weighted by Gasteiger charge is -2.05. The molecule has 0 bridgehead atoms. The predicted octanol–water partition coefficient (Wildman–Crippen LogP) is 0.795. The van der Waals surface area contributed by atoms with E-state index < -0.39 is 5.97 Å². The second-order valence-corrected chi connectivity index (χ2v) is 2.92. The van der Waals surface area contributed by atoms with E-state index >= 15 is 0 Å². The monoisotopic (exact) mass is 227 g/mol. The highest BCUT2D eigenvalue weighted by atomic mass is 16.7. The van der Waals surface area contributed by atoms with Crippen LogP contribution in [0.4, 0.5) is 0 Å². The molecule has 6 nitrogen and oxygen atoms in total. The van der Waals surface area contributed by atoms with Gasteiger partial charge in [0.15, 0.2) is 0 Å². The molecule has 1 aromatic heterocycles. The first-order valence-corrected chi connectivity index (χ1v) is 4.65. The average molecular weight is 227 g/mol. The van der Waals surface area contributed by atoms with Gasteiger partial charge in [-0.2, -0.15) is 0 Å². The summed E-state index contributed by atoms with van der Waals surface area (Å²) >= 11 is 0. The van der Waals surface area contributed by atoms with Crippen LogP contribution in [0.2, 0.25) is 0 Å². The van der Waals surface area contributed by atoms with Gasteiger partial charge in [0.25, 0.3) is 0 Å². The number of carbonyl (C=O) groups excluding carboxylic acids is 1. The lowest BCUT2D eigenvalue weighted by atomic mass is 10.3. The Balaban J connectivity index is 2.76. The molecule has 0 amide bonds. The van der Waals surface area contributed by atoms with Crippen molar-refractivity contribution in [2.45, 2.75) is 13.3 Å². The highest BCUT2D eigenvalue weighted by Gasteiger charge is 2.11. The van der Waals surface area contributed by atoms with Crippen molar-refractivity contribution < 1.29 is 24.6 Å². The zero-order valence-electron chi connectivity index (χ0n) is 9.01. The molecule has 16 heavy (non-hydrogen) atoms. The Kier molecular flexibility index (Phi) is 3.82. The summed E-state index contributed by atoms with van der Waals surface area (Å²) in [4.78, 5) is 16.0. The van der Waals surface area contributed by atoms with E-state index in [4.69, 9.17) is 4.74 Å². The third-order valence-corrected chi connectivity index (χ3v) is 1.87. The van der Waals surface area contributed by atoms with Crippen LogP contribution in [0.25, 0.3) is 0 Å². The predicted molar refractivity (Wildman–Crippen MR) is 54.7 cm³/mol. The van der Waals surface area contributed by atoms with Gasteiger partial charge >= 0.3 is 5.97 Å². The summed E-state index contributed by atoms with van der Waals surface area (Å²) in [5.41, 5.74) is 0. The van der Waals surface area contributed by atoms with Crippen LogP contribution in [0.5, 0.6) is 11.8 Å². The van der Waals surface area contributed by atoms with Crippen LogP contribution in [0, 0.1) is 0 Å². The zero-order valence-corrected chi connectivity index (χ0v) is 9.01.